The highest BCUT2D eigenvalue weighted by Gasteiger charge is 2.18. The molecule has 1 N–H and O–H groups in total. The van der Waals surface area contributed by atoms with Gasteiger partial charge in [-0.15, -0.1) is 0 Å². The van der Waals surface area contributed by atoms with E-state index >= 15 is 0 Å². The highest BCUT2D eigenvalue weighted by Crippen LogP contribution is 2.23. The molecule has 0 aromatic heterocycles. The molecule has 0 bridgehead atoms. The molecule has 0 aromatic rings. The summed E-state index contributed by atoms with van der Waals surface area (Å²) in [5, 5.41) is 3.32. The second kappa shape index (κ2) is 8.16. The van der Waals surface area contributed by atoms with Crippen molar-refractivity contribution < 1.29 is 0 Å². The maximum atomic E-state index is 3.32. The van der Waals surface area contributed by atoms with Gasteiger partial charge in [0.15, 0.2) is 0 Å². The van der Waals surface area contributed by atoms with Crippen molar-refractivity contribution in [1.82, 2.24) is 10.2 Å². The zero-order valence-electron chi connectivity index (χ0n) is 14.0. The second-order valence-electron chi connectivity index (χ2n) is 7.41. The van der Waals surface area contributed by atoms with Crippen LogP contribution < -0.4 is 5.32 Å². The van der Waals surface area contributed by atoms with Crippen LogP contribution in [0.5, 0.6) is 0 Å². The van der Waals surface area contributed by atoms with Gasteiger partial charge in [0.05, 0.1) is 0 Å². The van der Waals surface area contributed by atoms with Gasteiger partial charge >= 0.3 is 0 Å². The minimum atomic E-state index is 0.430. The van der Waals surface area contributed by atoms with Crippen molar-refractivity contribution in [1.29, 1.82) is 0 Å². The van der Waals surface area contributed by atoms with Crippen LogP contribution in [0.1, 0.15) is 60.8 Å². The Bertz CT molecular complexity index is 208. The van der Waals surface area contributed by atoms with Gasteiger partial charge < -0.3 is 10.2 Å². The predicted molar refractivity (Wildman–Crippen MR) is 83.1 cm³/mol. The Hall–Kier alpha value is -0.0800. The first kappa shape index (κ1) is 17.9. The van der Waals surface area contributed by atoms with Crippen molar-refractivity contribution in [3.63, 3.8) is 0 Å². The van der Waals surface area contributed by atoms with Crippen LogP contribution >= 0.6 is 0 Å². The topological polar surface area (TPSA) is 15.3 Å². The molecule has 0 aliphatic heterocycles. The van der Waals surface area contributed by atoms with Gasteiger partial charge in [-0.05, 0) is 65.1 Å². The van der Waals surface area contributed by atoms with Crippen molar-refractivity contribution >= 4 is 0 Å². The van der Waals surface area contributed by atoms with Crippen molar-refractivity contribution in [3.8, 4) is 0 Å². The van der Waals surface area contributed by atoms with Crippen LogP contribution in [0.2, 0.25) is 0 Å². The predicted octanol–water partition coefficient (Wildman–Crippen LogP) is 3.77. The summed E-state index contributed by atoms with van der Waals surface area (Å²) in [5.74, 6) is 0.803. The first-order chi connectivity index (χ1) is 8.15. The summed E-state index contributed by atoms with van der Waals surface area (Å²) in [6, 6.07) is 1.32. The molecule has 0 saturated heterocycles. The van der Waals surface area contributed by atoms with Crippen LogP contribution in [0.25, 0.3) is 0 Å². The molecule has 3 atom stereocenters. The Balaban J connectivity index is 3.91. The number of rotatable bonds is 8. The Morgan fingerprint density at radius 1 is 1.11 bits per heavy atom. The number of hydrogen-bond acceptors (Lipinski definition) is 2. The van der Waals surface area contributed by atoms with E-state index in [1.165, 1.54) is 25.8 Å². The molecular formula is C16H36N2. The molecular weight excluding hydrogens is 220 g/mol. The van der Waals surface area contributed by atoms with Gasteiger partial charge in [0, 0.05) is 12.1 Å². The highest BCUT2D eigenvalue weighted by molar-refractivity contribution is 4.73. The van der Waals surface area contributed by atoms with Crippen molar-refractivity contribution in [2.75, 3.05) is 20.6 Å². The monoisotopic (exact) mass is 256 g/mol. The lowest BCUT2D eigenvalue weighted by Gasteiger charge is -2.31. The van der Waals surface area contributed by atoms with E-state index in [9.17, 15) is 0 Å². The average Bonchev–Trinajstić information content (AvgIpc) is 2.23. The quantitative estimate of drug-likeness (QED) is 0.711. The molecule has 0 fully saturated rings. The minimum absolute atomic E-state index is 0.430. The summed E-state index contributed by atoms with van der Waals surface area (Å²) in [4.78, 5) is 2.52. The van der Waals surface area contributed by atoms with E-state index in [0.717, 1.165) is 5.92 Å². The lowest BCUT2D eigenvalue weighted by atomic mass is 9.88. The standard InChI is InChI=1S/C16H36N2/c1-13(11-14(2)17-7)9-10-18(8)15(3)12-16(4,5)6/h13-15,17H,9-12H2,1-8H3/t13?,14-,15-/m0/s1. The molecule has 1 unspecified atom stereocenters. The molecule has 110 valence electrons. The Morgan fingerprint density at radius 3 is 2.11 bits per heavy atom. The third-order valence-corrected chi connectivity index (χ3v) is 3.88. The van der Waals surface area contributed by atoms with Gasteiger partial charge in [0.25, 0.3) is 0 Å². The fraction of sp³-hybridized carbons (Fsp3) is 1.00. The molecule has 2 nitrogen and oxygen atoms in total. The van der Waals surface area contributed by atoms with Crippen LogP contribution in [-0.2, 0) is 0 Å². The number of nitrogens with zero attached hydrogens (tertiary/aromatic N) is 1. The fourth-order valence-corrected chi connectivity index (χ4v) is 2.53. The van der Waals surface area contributed by atoms with Gasteiger partial charge in [-0.1, -0.05) is 27.7 Å². The molecule has 0 aromatic carbocycles. The van der Waals surface area contributed by atoms with Crippen LogP contribution in [0.4, 0.5) is 0 Å². The third kappa shape index (κ3) is 8.93. The van der Waals surface area contributed by atoms with Gasteiger partial charge in [-0.25, -0.2) is 0 Å². The molecule has 0 aliphatic rings. The molecule has 0 rings (SSSR count). The van der Waals surface area contributed by atoms with E-state index in [-0.39, 0.29) is 0 Å². The molecule has 0 radical (unpaired) electrons. The third-order valence-electron chi connectivity index (χ3n) is 3.88. The van der Waals surface area contributed by atoms with Crippen LogP contribution in [0.15, 0.2) is 0 Å². The maximum Gasteiger partial charge on any atom is 0.00688 e. The summed E-state index contributed by atoms with van der Waals surface area (Å²) < 4.78 is 0. The normalized spacial score (nSPS) is 17.8. The summed E-state index contributed by atoms with van der Waals surface area (Å²) in [6.07, 6.45) is 3.85. The lowest BCUT2D eigenvalue weighted by Crippen LogP contribution is -2.34. The van der Waals surface area contributed by atoms with E-state index in [1.54, 1.807) is 0 Å². The molecule has 2 heteroatoms. The summed E-state index contributed by atoms with van der Waals surface area (Å²) >= 11 is 0. The number of hydrogen-bond donors (Lipinski definition) is 1. The smallest absolute Gasteiger partial charge is 0.00688 e. The molecule has 0 amide bonds. The fourth-order valence-electron chi connectivity index (χ4n) is 2.53. The van der Waals surface area contributed by atoms with Crippen LogP contribution in [0, 0.1) is 11.3 Å². The van der Waals surface area contributed by atoms with Crippen molar-refractivity contribution in [3.05, 3.63) is 0 Å². The van der Waals surface area contributed by atoms with Gasteiger partial charge in [-0.3, -0.25) is 0 Å². The average molecular weight is 256 g/mol. The molecule has 0 spiro atoms. The SMILES string of the molecule is CN[C@@H](C)CC(C)CCN(C)[C@@H](C)CC(C)(C)C. The summed E-state index contributed by atoms with van der Waals surface area (Å²) in [6.45, 7) is 15.2. The summed E-state index contributed by atoms with van der Waals surface area (Å²) in [5.41, 5.74) is 0.430. The summed E-state index contributed by atoms with van der Waals surface area (Å²) in [7, 11) is 4.32. The molecule has 18 heavy (non-hydrogen) atoms. The minimum Gasteiger partial charge on any atom is -0.317 e. The zero-order chi connectivity index (χ0) is 14.3. The molecule has 0 saturated carbocycles. The van der Waals surface area contributed by atoms with Gasteiger partial charge in [0.2, 0.25) is 0 Å². The van der Waals surface area contributed by atoms with Gasteiger partial charge in [-0.2, -0.15) is 0 Å². The van der Waals surface area contributed by atoms with Crippen LogP contribution in [0.3, 0.4) is 0 Å². The van der Waals surface area contributed by atoms with Crippen LogP contribution in [-0.4, -0.2) is 37.6 Å². The first-order valence-electron chi connectivity index (χ1n) is 7.53. The lowest BCUT2D eigenvalue weighted by molar-refractivity contribution is 0.181. The Labute approximate surface area is 116 Å². The second-order valence-corrected chi connectivity index (χ2v) is 7.41. The Morgan fingerprint density at radius 2 is 1.67 bits per heavy atom. The molecule has 0 heterocycles. The van der Waals surface area contributed by atoms with Crippen molar-refractivity contribution in [2.24, 2.45) is 11.3 Å². The Kier molecular flexibility index (Phi) is 8.13. The first-order valence-corrected chi connectivity index (χ1v) is 7.53. The van der Waals surface area contributed by atoms with Gasteiger partial charge in [0.1, 0.15) is 0 Å². The zero-order valence-corrected chi connectivity index (χ0v) is 14.0. The maximum absolute atomic E-state index is 3.32. The van der Waals surface area contributed by atoms with E-state index in [0.29, 0.717) is 17.5 Å². The highest BCUT2D eigenvalue weighted by atomic mass is 15.1. The van der Waals surface area contributed by atoms with E-state index < -0.39 is 0 Å². The number of nitrogens with one attached hydrogen (secondary N) is 1. The van der Waals surface area contributed by atoms with Crippen molar-refractivity contribution in [2.45, 2.75) is 72.9 Å². The molecule has 0 aliphatic carbocycles. The van der Waals surface area contributed by atoms with E-state index in [1.807, 2.05) is 0 Å². The largest absolute Gasteiger partial charge is 0.317 e. The van der Waals surface area contributed by atoms with E-state index in [2.05, 4.69) is 65.9 Å². The van der Waals surface area contributed by atoms with E-state index in [4.69, 9.17) is 0 Å².